The van der Waals surface area contributed by atoms with Crippen molar-refractivity contribution < 1.29 is 9.18 Å². The van der Waals surface area contributed by atoms with Gasteiger partial charge < -0.3 is 15.5 Å². The molecule has 5 heteroatoms. The van der Waals surface area contributed by atoms with Gasteiger partial charge in [-0.15, -0.1) is 0 Å². The van der Waals surface area contributed by atoms with Gasteiger partial charge in [-0.05, 0) is 69.6 Å². The fraction of sp³-hybridized carbons (Fsp3) is 0.533. The van der Waals surface area contributed by atoms with Crippen LogP contribution in [0.4, 0.5) is 14.9 Å². The Morgan fingerprint density at radius 1 is 1.15 bits per heavy atom. The van der Waals surface area contributed by atoms with E-state index in [2.05, 4.69) is 15.5 Å². The summed E-state index contributed by atoms with van der Waals surface area (Å²) in [5.74, 6) is -0.308. The standard InChI is InChI=1S/C15H22FN3O/c16-13-5-7-14(8-6-13)18-15(20)17-9-1-2-10-19-11-3-4-12-19/h5-8H,1-4,9-12H2,(H2,17,18,20). The van der Waals surface area contributed by atoms with Gasteiger partial charge in [0.2, 0.25) is 0 Å². The zero-order chi connectivity index (χ0) is 14.2. The number of unbranched alkanes of at least 4 members (excludes halogenated alkanes) is 1. The Kier molecular flexibility index (Phi) is 5.80. The van der Waals surface area contributed by atoms with Gasteiger partial charge in [0.1, 0.15) is 5.82 Å². The SMILES string of the molecule is O=C(NCCCCN1CCCC1)Nc1ccc(F)cc1. The summed E-state index contributed by atoms with van der Waals surface area (Å²) in [6.45, 7) is 4.24. The number of urea groups is 1. The van der Waals surface area contributed by atoms with E-state index in [9.17, 15) is 9.18 Å². The van der Waals surface area contributed by atoms with Crippen molar-refractivity contribution in [3.63, 3.8) is 0 Å². The van der Waals surface area contributed by atoms with E-state index in [1.54, 1.807) is 12.1 Å². The third-order valence-corrected chi connectivity index (χ3v) is 3.49. The van der Waals surface area contributed by atoms with Gasteiger partial charge >= 0.3 is 6.03 Å². The lowest BCUT2D eigenvalue weighted by atomic mass is 10.3. The Balaban J connectivity index is 1.54. The van der Waals surface area contributed by atoms with E-state index in [0.717, 1.165) is 19.4 Å². The van der Waals surface area contributed by atoms with Gasteiger partial charge in [-0.3, -0.25) is 0 Å². The van der Waals surface area contributed by atoms with Crippen LogP contribution in [-0.2, 0) is 0 Å². The van der Waals surface area contributed by atoms with Gasteiger partial charge in [0.25, 0.3) is 0 Å². The molecule has 0 aromatic heterocycles. The highest BCUT2D eigenvalue weighted by molar-refractivity contribution is 5.89. The molecular weight excluding hydrogens is 257 g/mol. The number of nitrogens with zero attached hydrogens (tertiary/aromatic N) is 1. The predicted octanol–water partition coefficient (Wildman–Crippen LogP) is 2.82. The summed E-state index contributed by atoms with van der Waals surface area (Å²) in [6, 6.07) is 5.50. The molecule has 1 heterocycles. The summed E-state index contributed by atoms with van der Waals surface area (Å²) in [6.07, 6.45) is 4.72. The second kappa shape index (κ2) is 7.85. The maximum absolute atomic E-state index is 12.7. The fourth-order valence-corrected chi connectivity index (χ4v) is 2.38. The summed E-state index contributed by atoms with van der Waals surface area (Å²) >= 11 is 0. The maximum atomic E-state index is 12.7. The van der Waals surface area contributed by atoms with E-state index >= 15 is 0 Å². The molecule has 2 rings (SSSR count). The molecule has 4 nitrogen and oxygen atoms in total. The normalized spacial score (nSPS) is 15.2. The lowest BCUT2D eigenvalue weighted by molar-refractivity contribution is 0.251. The van der Waals surface area contributed by atoms with Gasteiger partial charge in [-0.1, -0.05) is 0 Å². The number of benzene rings is 1. The Hall–Kier alpha value is -1.62. The van der Waals surface area contributed by atoms with E-state index in [0.29, 0.717) is 12.2 Å². The number of anilines is 1. The van der Waals surface area contributed by atoms with Crippen LogP contribution >= 0.6 is 0 Å². The van der Waals surface area contributed by atoms with Crippen LogP contribution in [0.25, 0.3) is 0 Å². The van der Waals surface area contributed by atoms with Crippen LogP contribution in [0.1, 0.15) is 25.7 Å². The maximum Gasteiger partial charge on any atom is 0.319 e. The van der Waals surface area contributed by atoms with Crippen LogP contribution in [0.2, 0.25) is 0 Å². The van der Waals surface area contributed by atoms with Gasteiger partial charge in [-0.25, -0.2) is 9.18 Å². The summed E-state index contributed by atoms with van der Waals surface area (Å²) in [5.41, 5.74) is 0.598. The molecule has 20 heavy (non-hydrogen) atoms. The quantitative estimate of drug-likeness (QED) is 0.786. The van der Waals surface area contributed by atoms with Crippen molar-refractivity contribution in [1.29, 1.82) is 0 Å². The number of halogens is 1. The molecule has 2 amide bonds. The average Bonchev–Trinajstić information content (AvgIpc) is 2.94. The molecule has 0 unspecified atom stereocenters. The van der Waals surface area contributed by atoms with Crippen LogP contribution < -0.4 is 10.6 Å². The van der Waals surface area contributed by atoms with Gasteiger partial charge in [-0.2, -0.15) is 0 Å². The Morgan fingerprint density at radius 3 is 2.55 bits per heavy atom. The summed E-state index contributed by atoms with van der Waals surface area (Å²) in [4.78, 5) is 14.1. The van der Waals surface area contributed by atoms with Crippen LogP contribution in [0, 0.1) is 5.82 Å². The molecule has 0 bridgehead atoms. The molecular formula is C15H22FN3O. The first-order valence-corrected chi connectivity index (χ1v) is 7.27. The smallest absolute Gasteiger partial charge is 0.319 e. The Bertz CT molecular complexity index is 416. The second-order valence-electron chi connectivity index (χ2n) is 5.14. The Morgan fingerprint density at radius 2 is 1.85 bits per heavy atom. The Labute approximate surface area is 119 Å². The number of carbonyl (C=O) groups excluding carboxylic acids is 1. The highest BCUT2D eigenvalue weighted by Gasteiger charge is 2.10. The van der Waals surface area contributed by atoms with Crippen molar-refractivity contribution in [2.24, 2.45) is 0 Å². The molecule has 1 saturated heterocycles. The molecule has 1 fully saturated rings. The molecule has 1 aromatic carbocycles. The lowest BCUT2D eigenvalue weighted by Crippen LogP contribution is -2.30. The number of hydrogen-bond acceptors (Lipinski definition) is 2. The van der Waals surface area contributed by atoms with Gasteiger partial charge in [0.15, 0.2) is 0 Å². The molecule has 0 aliphatic carbocycles. The number of carbonyl (C=O) groups is 1. The summed E-state index contributed by atoms with van der Waals surface area (Å²) in [5, 5.41) is 5.48. The number of nitrogens with one attached hydrogen (secondary N) is 2. The predicted molar refractivity (Wildman–Crippen MR) is 78.3 cm³/mol. The first-order valence-electron chi connectivity index (χ1n) is 7.27. The molecule has 1 aliphatic heterocycles. The number of hydrogen-bond donors (Lipinski definition) is 2. The van der Waals surface area contributed by atoms with Crippen LogP contribution in [0.3, 0.4) is 0 Å². The minimum atomic E-state index is -0.308. The van der Waals surface area contributed by atoms with E-state index < -0.39 is 0 Å². The summed E-state index contributed by atoms with van der Waals surface area (Å²) in [7, 11) is 0. The number of amides is 2. The van der Waals surface area contributed by atoms with Gasteiger partial charge in [0.05, 0.1) is 0 Å². The first kappa shape index (κ1) is 14.8. The topological polar surface area (TPSA) is 44.4 Å². The molecule has 1 aromatic rings. The third kappa shape index (κ3) is 5.17. The van der Waals surface area contributed by atoms with Crippen molar-refractivity contribution in [1.82, 2.24) is 10.2 Å². The molecule has 0 saturated carbocycles. The third-order valence-electron chi connectivity index (χ3n) is 3.49. The fourth-order valence-electron chi connectivity index (χ4n) is 2.38. The molecule has 0 atom stereocenters. The molecule has 110 valence electrons. The van der Waals surface area contributed by atoms with Crippen molar-refractivity contribution in [3.8, 4) is 0 Å². The monoisotopic (exact) mass is 279 g/mol. The van der Waals surface area contributed by atoms with Crippen LogP contribution in [0.15, 0.2) is 24.3 Å². The molecule has 1 aliphatic rings. The van der Waals surface area contributed by atoms with Crippen molar-refractivity contribution in [2.75, 3.05) is 31.5 Å². The van der Waals surface area contributed by atoms with Gasteiger partial charge in [0, 0.05) is 12.2 Å². The van der Waals surface area contributed by atoms with E-state index in [1.807, 2.05) is 0 Å². The largest absolute Gasteiger partial charge is 0.338 e. The minimum absolute atomic E-state index is 0.238. The van der Waals surface area contributed by atoms with E-state index in [4.69, 9.17) is 0 Å². The minimum Gasteiger partial charge on any atom is -0.338 e. The average molecular weight is 279 g/mol. The summed E-state index contributed by atoms with van der Waals surface area (Å²) < 4.78 is 12.7. The van der Waals surface area contributed by atoms with Crippen LogP contribution in [-0.4, -0.2) is 37.1 Å². The number of likely N-dealkylation sites (tertiary alicyclic amines) is 1. The van der Waals surface area contributed by atoms with Crippen molar-refractivity contribution in [3.05, 3.63) is 30.1 Å². The molecule has 0 spiro atoms. The second-order valence-corrected chi connectivity index (χ2v) is 5.14. The molecule has 0 radical (unpaired) electrons. The zero-order valence-corrected chi connectivity index (χ0v) is 11.7. The van der Waals surface area contributed by atoms with E-state index in [1.165, 1.54) is 38.1 Å². The highest BCUT2D eigenvalue weighted by atomic mass is 19.1. The van der Waals surface area contributed by atoms with Crippen LogP contribution in [0.5, 0.6) is 0 Å². The lowest BCUT2D eigenvalue weighted by Gasteiger charge is -2.14. The van der Waals surface area contributed by atoms with Crippen molar-refractivity contribution in [2.45, 2.75) is 25.7 Å². The van der Waals surface area contributed by atoms with E-state index in [-0.39, 0.29) is 11.8 Å². The zero-order valence-electron chi connectivity index (χ0n) is 11.7. The first-order chi connectivity index (χ1) is 9.74. The number of rotatable bonds is 6. The molecule has 2 N–H and O–H groups in total. The van der Waals surface area contributed by atoms with Crippen molar-refractivity contribution >= 4 is 11.7 Å². The highest BCUT2D eigenvalue weighted by Crippen LogP contribution is 2.09.